The first-order chi connectivity index (χ1) is 5.72. The Hall–Kier alpha value is -0.970. The summed E-state index contributed by atoms with van der Waals surface area (Å²) in [7, 11) is 1.82. The van der Waals surface area contributed by atoms with Gasteiger partial charge < -0.3 is 4.90 Å². The van der Waals surface area contributed by atoms with Gasteiger partial charge in [-0.3, -0.25) is 4.79 Å². The zero-order valence-corrected chi connectivity index (χ0v) is 7.97. The molecule has 0 bridgehead atoms. The maximum Gasteiger partial charge on any atom is 0.222 e. The monoisotopic (exact) mass is 167 g/mol. The highest BCUT2D eigenvalue weighted by Gasteiger charge is 2.04. The molecule has 0 radical (unpaired) electrons. The van der Waals surface area contributed by atoms with E-state index in [1.54, 1.807) is 4.90 Å². The van der Waals surface area contributed by atoms with E-state index in [1.807, 2.05) is 14.0 Å². The van der Waals surface area contributed by atoms with E-state index in [-0.39, 0.29) is 5.91 Å². The van der Waals surface area contributed by atoms with Gasteiger partial charge in [0.1, 0.15) is 0 Å². The van der Waals surface area contributed by atoms with Gasteiger partial charge in [0, 0.05) is 26.4 Å². The molecule has 2 nitrogen and oxygen atoms in total. The van der Waals surface area contributed by atoms with Crippen LogP contribution in [0.5, 0.6) is 0 Å². The number of amides is 1. The summed E-state index contributed by atoms with van der Waals surface area (Å²) < 4.78 is 0. The molecule has 0 spiro atoms. The molecule has 0 rings (SSSR count). The summed E-state index contributed by atoms with van der Waals surface area (Å²) in [6, 6.07) is 0. The predicted molar refractivity (Wildman–Crippen MR) is 50.6 cm³/mol. The Labute approximate surface area is 74.9 Å². The second-order valence-corrected chi connectivity index (χ2v) is 2.82. The van der Waals surface area contributed by atoms with Gasteiger partial charge in [0.2, 0.25) is 5.91 Å². The average molecular weight is 167 g/mol. The van der Waals surface area contributed by atoms with Crippen molar-refractivity contribution >= 4 is 5.91 Å². The van der Waals surface area contributed by atoms with Crippen molar-refractivity contribution in [3.05, 3.63) is 0 Å². The summed E-state index contributed by atoms with van der Waals surface area (Å²) in [5, 5.41) is 0. The first kappa shape index (κ1) is 11.0. The van der Waals surface area contributed by atoms with Crippen LogP contribution in [0.4, 0.5) is 0 Å². The minimum atomic E-state index is 0.217. The summed E-state index contributed by atoms with van der Waals surface area (Å²) >= 11 is 0. The second-order valence-electron chi connectivity index (χ2n) is 2.82. The van der Waals surface area contributed by atoms with Gasteiger partial charge in [-0.15, -0.1) is 12.3 Å². The molecule has 0 aromatic rings. The molecule has 0 N–H and O–H groups in total. The van der Waals surface area contributed by atoms with E-state index in [0.717, 1.165) is 25.8 Å². The van der Waals surface area contributed by atoms with Crippen LogP contribution < -0.4 is 0 Å². The number of nitrogens with zero attached hydrogens (tertiary/aromatic N) is 1. The Morgan fingerprint density at radius 2 is 2.17 bits per heavy atom. The highest BCUT2D eigenvalue weighted by Crippen LogP contribution is 2.01. The molecule has 1 amide bonds. The molecule has 12 heavy (non-hydrogen) atoms. The molecule has 0 fully saturated rings. The van der Waals surface area contributed by atoms with Crippen molar-refractivity contribution in [2.24, 2.45) is 0 Å². The fourth-order valence-electron chi connectivity index (χ4n) is 0.871. The van der Waals surface area contributed by atoms with Crippen molar-refractivity contribution in [3.8, 4) is 12.3 Å². The number of rotatable bonds is 5. The lowest BCUT2D eigenvalue weighted by Crippen LogP contribution is -2.25. The van der Waals surface area contributed by atoms with Crippen LogP contribution in [-0.4, -0.2) is 24.4 Å². The van der Waals surface area contributed by atoms with Crippen molar-refractivity contribution < 1.29 is 4.79 Å². The molecule has 0 aliphatic heterocycles. The normalized spacial score (nSPS) is 9.08. The van der Waals surface area contributed by atoms with E-state index >= 15 is 0 Å². The van der Waals surface area contributed by atoms with Crippen LogP contribution in [0.2, 0.25) is 0 Å². The molecule has 0 aliphatic rings. The molecule has 0 unspecified atom stereocenters. The lowest BCUT2D eigenvalue weighted by atomic mass is 10.2. The van der Waals surface area contributed by atoms with Gasteiger partial charge >= 0.3 is 0 Å². The van der Waals surface area contributed by atoms with Crippen LogP contribution in [0.15, 0.2) is 0 Å². The predicted octanol–water partition coefficient (Wildman–Crippen LogP) is 1.66. The third-order valence-corrected chi connectivity index (χ3v) is 1.86. The van der Waals surface area contributed by atoms with Gasteiger partial charge in [-0.1, -0.05) is 0 Å². The molecule has 0 atom stereocenters. The van der Waals surface area contributed by atoms with Crippen LogP contribution in [0.3, 0.4) is 0 Å². The van der Waals surface area contributed by atoms with Gasteiger partial charge in [-0.25, -0.2) is 0 Å². The van der Waals surface area contributed by atoms with Gasteiger partial charge in [0.05, 0.1) is 0 Å². The van der Waals surface area contributed by atoms with Crippen LogP contribution in [0.1, 0.15) is 32.6 Å². The van der Waals surface area contributed by atoms with Gasteiger partial charge in [0.15, 0.2) is 0 Å². The number of terminal acetylenes is 1. The third kappa shape index (κ3) is 4.79. The summed E-state index contributed by atoms with van der Waals surface area (Å²) in [6.45, 7) is 2.76. The highest BCUT2D eigenvalue weighted by atomic mass is 16.2. The summed E-state index contributed by atoms with van der Waals surface area (Å²) in [5.41, 5.74) is 0. The molecule has 0 aromatic carbocycles. The smallest absolute Gasteiger partial charge is 0.222 e. The fourth-order valence-corrected chi connectivity index (χ4v) is 0.871. The quantitative estimate of drug-likeness (QED) is 0.450. The molecule has 68 valence electrons. The van der Waals surface area contributed by atoms with Gasteiger partial charge in [0.25, 0.3) is 0 Å². The SMILES string of the molecule is C#CCCCCC(=O)N(C)CC. The van der Waals surface area contributed by atoms with Crippen LogP contribution in [-0.2, 0) is 4.79 Å². The molecule has 2 heteroatoms. The van der Waals surface area contributed by atoms with Crippen molar-refractivity contribution in [3.63, 3.8) is 0 Å². The zero-order valence-electron chi connectivity index (χ0n) is 7.97. The second kappa shape index (κ2) is 6.72. The van der Waals surface area contributed by atoms with E-state index in [2.05, 4.69) is 5.92 Å². The molecular weight excluding hydrogens is 150 g/mol. The molecule has 0 saturated carbocycles. The lowest BCUT2D eigenvalue weighted by Gasteiger charge is -2.13. The minimum absolute atomic E-state index is 0.217. The minimum Gasteiger partial charge on any atom is -0.346 e. The van der Waals surface area contributed by atoms with E-state index in [0.29, 0.717) is 6.42 Å². The van der Waals surface area contributed by atoms with Crippen molar-refractivity contribution in [2.45, 2.75) is 32.6 Å². The molecule has 0 aliphatic carbocycles. The Kier molecular flexibility index (Phi) is 6.18. The van der Waals surface area contributed by atoms with Crippen molar-refractivity contribution in [1.29, 1.82) is 0 Å². The Morgan fingerprint density at radius 1 is 1.50 bits per heavy atom. The fraction of sp³-hybridized carbons (Fsp3) is 0.700. The summed E-state index contributed by atoms with van der Waals surface area (Å²) in [4.78, 5) is 12.9. The Morgan fingerprint density at radius 3 is 2.67 bits per heavy atom. The number of carbonyl (C=O) groups is 1. The van der Waals surface area contributed by atoms with Crippen LogP contribution >= 0.6 is 0 Å². The molecular formula is C10H17NO. The van der Waals surface area contributed by atoms with Gasteiger partial charge in [-0.05, 0) is 19.8 Å². The Balaban J connectivity index is 3.39. The van der Waals surface area contributed by atoms with Crippen LogP contribution in [0, 0.1) is 12.3 Å². The third-order valence-electron chi connectivity index (χ3n) is 1.86. The maximum atomic E-state index is 11.2. The van der Waals surface area contributed by atoms with Crippen LogP contribution in [0.25, 0.3) is 0 Å². The largest absolute Gasteiger partial charge is 0.346 e. The molecule has 0 saturated heterocycles. The van der Waals surface area contributed by atoms with Crippen molar-refractivity contribution in [1.82, 2.24) is 4.90 Å². The number of hydrogen-bond donors (Lipinski definition) is 0. The van der Waals surface area contributed by atoms with E-state index < -0.39 is 0 Å². The van der Waals surface area contributed by atoms with Crippen molar-refractivity contribution in [2.75, 3.05) is 13.6 Å². The Bertz CT molecular complexity index is 169. The number of unbranched alkanes of at least 4 members (excludes halogenated alkanes) is 2. The summed E-state index contributed by atoms with van der Waals surface area (Å²) in [6.07, 6.45) is 8.37. The van der Waals surface area contributed by atoms with E-state index in [4.69, 9.17) is 6.42 Å². The first-order valence-corrected chi connectivity index (χ1v) is 4.39. The average Bonchev–Trinajstić information content (AvgIpc) is 2.10. The summed E-state index contributed by atoms with van der Waals surface area (Å²) in [5.74, 6) is 2.78. The lowest BCUT2D eigenvalue weighted by molar-refractivity contribution is -0.129. The topological polar surface area (TPSA) is 20.3 Å². The number of carbonyl (C=O) groups excluding carboxylic acids is 1. The van der Waals surface area contributed by atoms with E-state index in [9.17, 15) is 4.79 Å². The maximum absolute atomic E-state index is 11.2. The number of hydrogen-bond acceptors (Lipinski definition) is 1. The highest BCUT2D eigenvalue weighted by molar-refractivity contribution is 5.75. The van der Waals surface area contributed by atoms with E-state index in [1.165, 1.54) is 0 Å². The molecule has 0 heterocycles. The van der Waals surface area contributed by atoms with Gasteiger partial charge in [-0.2, -0.15) is 0 Å². The standard InChI is InChI=1S/C10H17NO/c1-4-6-7-8-9-10(12)11(3)5-2/h1H,5-9H2,2-3H3. The first-order valence-electron chi connectivity index (χ1n) is 4.39. The zero-order chi connectivity index (χ0) is 9.40. The molecule has 0 aromatic heterocycles.